The van der Waals surface area contributed by atoms with Gasteiger partial charge in [0, 0.05) is 36.1 Å². The molecule has 0 aliphatic carbocycles. The standard InChI is InChI=1S/C17H18N4O/c1-12-4-3-5-13(8-12)15(16-10-18-11-20-16)9-14-6-7-19-17(21-14)22-2/h3-8,10-11,15H,9H2,1-2H3,(H,18,20). The zero-order valence-electron chi connectivity index (χ0n) is 12.7. The van der Waals surface area contributed by atoms with Crippen molar-refractivity contribution in [3.63, 3.8) is 0 Å². The Labute approximate surface area is 129 Å². The van der Waals surface area contributed by atoms with Crippen LogP contribution in [0.2, 0.25) is 0 Å². The first-order chi connectivity index (χ1) is 10.8. The van der Waals surface area contributed by atoms with Crippen LogP contribution in [0.5, 0.6) is 6.01 Å². The molecule has 5 nitrogen and oxygen atoms in total. The van der Waals surface area contributed by atoms with Crippen molar-refractivity contribution in [3.8, 4) is 6.01 Å². The summed E-state index contributed by atoms with van der Waals surface area (Å²) in [6, 6.07) is 10.8. The van der Waals surface area contributed by atoms with Crippen LogP contribution in [0.25, 0.3) is 0 Å². The van der Waals surface area contributed by atoms with Gasteiger partial charge in [0.15, 0.2) is 0 Å². The Hall–Kier alpha value is -2.69. The van der Waals surface area contributed by atoms with Gasteiger partial charge in [0.1, 0.15) is 0 Å². The maximum atomic E-state index is 5.11. The summed E-state index contributed by atoms with van der Waals surface area (Å²) in [4.78, 5) is 15.9. The van der Waals surface area contributed by atoms with Crippen LogP contribution in [-0.2, 0) is 6.42 Å². The molecule has 1 N–H and O–H groups in total. The average Bonchev–Trinajstić information content (AvgIpc) is 3.07. The van der Waals surface area contributed by atoms with Crippen molar-refractivity contribution in [2.75, 3.05) is 7.11 Å². The van der Waals surface area contributed by atoms with Crippen LogP contribution in [0.3, 0.4) is 0 Å². The second kappa shape index (κ2) is 6.39. The van der Waals surface area contributed by atoms with Gasteiger partial charge < -0.3 is 9.72 Å². The van der Waals surface area contributed by atoms with Crippen LogP contribution in [0.15, 0.2) is 49.1 Å². The fourth-order valence-electron chi connectivity index (χ4n) is 2.55. The van der Waals surface area contributed by atoms with Crippen molar-refractivity contribution >= 4 is 0 Å². The molecule has 22 heavy (non-hydrogen) atoms. The van der Waals surface area contributed by atoms with Crippen LogP contribution in [-0.4, -0.2) is 27.0 Å². The van der Waals surface area contributed by atoms with Crippen LogP contribution in [0.1, 0.15) is 28.4 Å². The molecule has 0 aliphatic heterocycles. The fraction of sp³-hybridized carbons (Fsp3) is 0.235. The minimum Gasteiger partial charge on any atom is -0.467 e. The van der Waals surface area contributed by atoms with Gasteiger partial charge in [0.05, 0.1) is 13.4 Å². The topological polar surface area (TPSA) is 63.7 Å². The summed E-state index contributed by atoms with van der Waals surface area (Å²) in [5.41, 5.74) is 4.49. The van der Waals surface area contributed by atoms with E-state index in [2.05, 4.69) is 51.1 Å². The number of nitrogens with one attached hydrogen (secondary N) is 1. The third-order valence-corrected chi connectivity index (χ3v) is 3.63. The molecule has 112 valence electrons. The fourth-order valence-corrected chi connectivity index (χ4v) is 2.55. The number of methoxy groups -OCH3 is 1. The Morgan fingerprint density at radius 3 is 2.91 bits per heavy atom. The number of aromatic nitrogens is 4. The third-order valence-electron chi connectivity index (χ3n) is 3.63. The first kappa shape index (κ1) is 14.3. The summed E-state index contributed by atoms with van der Waals surface area (Å²) in [7, 11) is 1.58. The summed E-state index contributed by atoms with van der Waals surface area (Å²) in [5, 5.41) is 0. The molecular weight excluding hydrogens is 276 g/mol. The van der Waals surface area contributed by atoms with E-state index in [1.165, 1.54) is 11.1 Å². The zero-order valence-corrected chi connectivity index (χ0v) is 12.7. The van der Waals surface area contributed by atoms with Crippen molar-refractivity contribution in [1.82, 2.24) is 19.9 Å². The first-order valence-corrected chi connectivity index (χ1v) is 7.17. The lowest BCUT2D eigenvalue weighted by molar-refractivity contribution is 0.377. The summed E-state index contributed by atoms with van der Waals surface area (Å²) in [6.07, 6.45) is 6.05. The number of ether oxygens (including phenoxy) is 1. The number of aryl methyl sites for hydroxylation is 1. The molecule has 5 heteroatoms. The number of benzene rings is 1. The number of hydrogen-bond donors (Lipinski definition) is 1. The summed E-state index contributed by atoms with van der Waals surface area (Å²) in [5.74, 6) is 0.169. The number of aromatic amines is 1. The van der Waals surface area contributed by atoms with Crippen LogP contribution in [0.4, 0.5) is 0 Å². The van der Waals surface area contributed by atoms with Gasteiger partial charge in [-0.2, -0.15) is 0 Å². The number of hydrogen-bond acceptors (Lipinski definition) is 4. The van der Waals surface area contributed by atoms with Crippen molar-refractivity contribution in [1.29, 1.82) is 0 Å². The minimum absolute atomic E-state index is 0.169. The van der Waals surface area contributed by atoms with E-state index in [0.29, 0.717) is 6.01 Å². The average molecular weight is 294 g/mol. The highest BCUT2D eigenvalue weighted by Crippen LogP contribution is 2.27. The van der Waals surface area contributed by atoms with Gasteiger partial charge in [-0.15, -0.1) is 0 Å². The Kier molecular flexibility index (Phi) is 4.14. The zero-order chi connectivity index (χ0) is 15.4. The van der Waals surface area contributed by atoms with E-state index in [9.17, 15) is 0 Å². The Bertz CT molecular complexity index is 740. The highest BCUT2D eigenvalue weighted by atomic mass is 16.5. The second-order valence-corrected chi connectivity index (χ2v) is 5.21. The van der Waals surface area contributed by atoms with E-state index in [0.717, 1.165) is 17.8 Å². The van der Waals surface area contributed by atoms with Crippen molar-refractivity contribution < 1.29 is 4.74 Å². The normalized spacial score (nSPS) is 12.1. The molecule has 0 bridgehead atoms. The maximum absolute atomic E-state index is 5.11. The van der Waals surface area contributed by atoms with E-state index >= 15 is 0 Å². The van der Waals surface area contributed by atoms with Crippen LogP contribution < -0.4 is 4.74 Å². The summed E-state index contributed by atoms with van der Waals surface area (Å²) in [6.45, 7) is 2.10. The Balaban J connectivity index is 1.95. The molecule has 1 atom stereocenters. The minimum atomic E-state index is 0.169. The number of H-pyrrole nitrogens is 1. The van der Waals surface area contributed by atoms with E-state index < -0.39 is 0 Å². The first-order valence-electron chi connectivity index (χ1n) is 7.17. The van der Waals surface area contributed by atoms with Crippen molar-refractivity contribution in [2.24, 2.45) is 0 Å². The van der Waals surface area contributed by atoms with Gasteiger partial charge in [-0.05, 0) is 18.6 Å². The van der Waals surface area contributed by atoms with Crippen molar-refractivity contribution in [3.05, 3.63) is 71.6 Å². The lowest BCUT2D eigenvalue weighted by Gasteiger charge is -2.16. The lowest BCUT2D eigenvalue weighted by Crippen LogP contribution is -2.08. The molecule has 0 amide bonds. The van der Waals surface area contributed by atoms with Gasteiger partial charge in [-0.3, -0.25) is 0 Å². The van der Waals surface area contributed by atoms with Gasteiger partial charge >= 0.3 is 6.01 Å². The number of rotatable bonds is 5. The summed E-state index contributed by atoms with van der Waals surface area (Å²) < 4.78 is 5.11. The lowest BCUT2D eigenvalue weighted by atomic mass is 9.90. The Morgan fingerprint density at radius 1 is 1.27 bits per heavy atom. The smallest absolute Gasteiger partial charge is 0.316 e. The predicted octanol–water partition coefficient (Wildman–Crippen LogP) is 2.89. The quantitative estimate of drug-likeness (QED) is 0.786. The molecular formula is C17H18N4O. The van der Waals surface area contributed by atoms with E-state index in [1.807, 2.05) is 12.3 Å². The molecule has 0 saturated carbocycles. The van der Waals surface area contributed by atoms with Gasteiger partial charge in [0.25, 0.3) is 0 Å². The van der Waals surface area contributed by atoms with E-state index in [4.69, 9.17) is 4.74 Å². The monoisotopic (exact) mass is 294 g/mol. The van der Waals surface area contributed by atoms with Crippen LogP contribution in [0, 0.1) is 6.92 Å². The summed E-state index contributed by atoms with van der Waals surface area (Å²) >= 11 is 0. The molecule has 1 unspecified atom stereocenters. The highest BCUT2D eigenvalue weighted by molar-refractivity contribution is 5.32. The SMILES string of the molecule is COc1nccc(CC(c2cccc(C)c2)c2cnc[nH]2)n1. The molecule has 3 rings (SSSR count). The van der Waals surface area contributed by atoms with Crippen molar-refractivity contribution in [2.45, 2.75) is 19.3 Å². The third kappa shape index (κ3) is 3.14. The van der Waals surface area contributed by atoms with Gasteiger partial charge in [-0.1, -0.05) is 29.8 Å². The van der Waals surface area contributed by atoms with E-state index in [-0.39, 0.29) is 5.92 Å². The maximum Gasteiger partial charge on any atom is 0.316 e. The molecule has 0 aliphatic rings. The number of nitrogens with zero attached hydrogens (tertiary/aromatic N) is 3. The Morgan fingerprint density at radius 2 is 2.18 bits per heavy atom. The molecule has 0 fully saturated rings. The molecule has 0 spiro atoms. The molecule has 2 heterocycles. The molecule has 0 radical (unpaired) electrons. The molecule has 1 aromatic carbocycles. The molecule has 3 aromatic rings. The number of imidazole rings is 1. The van der Waals surface area contributed by atoms with E-state index in [1.54, 1.807) is 19.6 Å². The molecule has 0 saturated heterocycles. The highest BCUT2D eigenvalue weighted by Gasteiger charge is 2.17. The van der Waals surface area contributed by atoms with Gasteiger partial charge in [-0.25, -0.2) is 15.0 Å². The van der Waals surface area contributed by atoms with Crippen LogP contribution >= 0.6 is 0 Å². The second-order valence-electron chi connectivity index (χ2n) is 5.21. The van der Waals surface area contributed by atoms with Gasteiger partial charge in [0.2, 0.25) is 0 Å². The predicted molar refractivity (Wildman–Crippen MR) is 83.9 cm³/mol. The largest absolute Gasteiger partial charge is 0.467 e. The molecule has 2 aromatic heterocycles.